The lowest BCUT2D eigenvalue weighted by Gasteiger charge is -2.24. The zero-order chi connectivity index (χ0) is 12.2. The highest BCUT2D eigenvalue weighted by molar-refractivity contribution is 6.75. The summed E-state index contributed by atoms with van der Waals surface area (Å²) in [5.41, 5.74) is 0.427. The van der Waals surface area contributed by atoms with Crippen LogP contribution >= 0.6 is 11.6 Å². The molecule has 0 N–H and O–H groups in total. The van der Waals surface area contributed by atoms with Crippen LogP contribution < -0.4 is 5.19 Å². The van der Waals surface area contributed by atoms with E-state index >= 15 is 0 Å². The Morgan fingerprint density at radius 3 is 1.81 bits per heavy atom. The van der Waals surface area contributed by atoms with Crippen molar-refractivity contribution in [2.24, 2.45) is 0 Å². The molecule has 0 unspecified atom stereocenters. The summed E-state index contributed by atoms with van der Waals surface area (Å²) < 4.78 is 15.9. The van der Waals surface area contributed by atoms with Crippen LogP contribution in [0.15, 0.2) is 24.3 Å². The SMILES string of the molecule is CO[Si](OC)(OC)c1ccc(C(=O)Cl)cc1. The van der Waals surface area contributed by atoms with Gasteiger partial charge < -0.3 is 13.3 Å². The molecule has 16 heavy (non-hydrogen) atoms. The van der Waals surface area contributed by atoms with Gasteiger partial charge in [-0.1, -0.05) is 12.1 Å². The van der Waals surface area contributed by atoms with E-state index in [1.54, 1.807) is 24.3 Å². The third-order valence-corrected chi connectivity index (χ3v) is 5.14. The molecule has 0 aliphatic carbocycles. The summed E-state index contributed by atoms with van der Waals surface area (Å²) in [6, 6.07) is 6.67. The van der Waals surface area contributed by atoms with E-state index in [1.807, 2.05) is 0 Å². The zero-order valence-corrected chi connectivity index (χ0v) is 11.1. The van der Waals surface area contributed by atoms with E-state index in [0.29, 0.717) is 5.56 Å². The van der Waals surface area contributed by atoms with Crippen molar-refractivity contribution in [1.29, 1.82) is 0 Å². The molecular formula is C10H13ClO4Si. The average molecular weight is 261 g/mol. The van der Waals surface area contributed by atoms with Crippen LogP contribution in [0, 0.1) is 0 Å². The fourth-order valence-corrected chi connectivity index (χ4v) is 3.32. The van der Waals surface area contributed by atoms with E-state index in [9.17, 15) is 4.79 Å². The van der Waals surface area contributed by atoms with E-state index in [0.717, 1.165) is 5.19 Å². The summed E-state index contributed by atoms with van der Waals surface area (Å²) in [7, 11) is 1.78. The minimum atomic E-state index is -2.81. The van der Waals surface area contributed by atoms with E-state index in [2.05, 4.69) is 0 Å². The number of hydrogen-bond acceptors (Lipinski definition) is 4. The second-order valence-electron chi connectivity index (χ2n) is 3.02. The van der Waals surface area contributed by atoms with E-state index < -0.39 is 14.0 Å². The first-order valence-corrected chi connectivity index (χ1v) is 6.65. The molecule has 0 aliphatic heterocycles. The largest absolute Gasteiger partial charge is 0.536 e. The number of hydrogen-bond donors (Lipinski definition) is 0. The summed E-state index contributed by atoms with van der Waals surface area (Å²) in [5.74, 6) is 0. The summed E-state index contributed by atoms with van der Waals surface area (Å²) >= 11 is 5.35. The lowest BCUT2D eigenvalue weighted by atomic mass is 10.2. The van der Waals surface area contributed by atoms with Crippen LogP contribution in [0.1, 0.15) is 10.4 Å². The van der Waals surface area contributed by atoms with Gasteiger partial charge in [-0.15, -0.1) is 0 Å². The fourth-order valence-electron chi connectivity index (χ4n) is 1.41. The number of carbonyl (C=O) groups excluding carboxylic acids is 1. The predicted octanol–water partition coefficient (Wildman–Crippen LogP) is 1.15. The molecule has 1 aromatic rings. The molecule has 0 fully saturated rings. The van der Waals surface area contributed by atoms with Crippen LogP contribution in [0.4, 0.5) is 0 Å². The molecule has 6 heteroatoms. The van der Waals surface area contributed by atoms with Gasteiger partial charge in [0.2, 0.25) is 0 Å². The molecular weight excluding hydrogens is 248 g/mol. The van der Waals surface area contributed by atoms with Gasteiger partial charge in [0.25, 0.3) is 5.24 Å². The van der Waals surface area contributed by atoms with Crippen molar-refractivity contribution in [3.8, 4) is 0 Å². The van der Waals surface area contributed by atoms with Gasteiger partial charge in [0.05, 0.1) is 0 Å². The second kappa shape index (κ2) is 5.56. The van der Waals surface area contributed by atoms with Gasteiger partial charge in [-0.3, -0.25) is 4.79 Å². The third kappa shape index (κ3) is 2.50. The van der Waals surface area contributed by atoms with Crippen LogP contribution in [-0.4, -0.2) is 35.4 Å². The monoisotopic (exact) mass is 260 g/mol. The molecule has 0 spiro atoms. The lowest BCUT2D eigenvalue weighted by molar-refractivity contribution is 0.108. The molecule has 0 radical (unpaired) electrons. The first-order valence-electron chi connectivity index (χ1n) is 4.55. The maximum absolute atomic E-state index is 10.9. The van der Waals surface area contributed by atoms with Gasteiger partial charge in [0, 0.05) is 32.1 Å². The molecule has 0 atom stereocenters. The summed E-state index contributed by atoms with van der Waals surface area (Å²) in [5, 5.41) is 0.285. The van der Waals surface area contributed by atoms with E-state index in [1.165, 1.54) is 21.3 Å². The van der Waals surface area contributed by atoms with Crippen molar-refractivity contribution in [3.63, 3.8) is 0 Å². The molecule has 1 aromatic carbocycles. The van der Waals surface area contributed by atoms with Crippen molar-refractivity contribution in [2.75, 3.05) is 21.3 Å². The topological polar surface area (TPSA) is 44.8 Å². The highest BCUT2D eigenvalue weighted by atomic mass is 35.5. The Kier molecular flexibility index (Phi) is 4.64. The van der Waals surface area contributed by atoms with Crippen molar-refractivity contribution < 1.29 is 18.1 Å². The molecule has 88 valence electrons. The average Bonchev–Trinajstić information content (AvgIpc) is 2.33. The van der Waals surface area contributed by atoms with Crippen LogP contribution in [0.2, 0.25) is 0 Å². The first kappa shape index (κ1) is 13.3. The van der Waals surface area contributed by atoms with Crippen LogP contribution in [-0.2, 0) is 13.3 Å². The van der Waals surface area contributed by atoms with Crippen molar-refractivity contribution >= 4 is 30.8 Å². The van der Waals surface area contributed by atoms with Crippen LogP contribution in [0.3, 0.4) is 0 Å². The molecule has 0 heterocycles. The molecule has 4 nitrogen and oxygen atoms in total. The molecule has 0 bridgehead atoms. The molecule has 0 saturated heterocycles. The molecule has 0 aliphatic rings. The van der Waals surface area contributed by atoms with Crippen molar-refractivity contribution in [1.82, 2.24) is 0 Å². The predicted molar refractivity (Wildman–Crippen MR) is 63.0 cm³/mol. The third-order valence-electron chi connectivity index (χ3n) is 2.27. The van der Waals surface area contributed by atoms with Gasteiger partial charge in [-0.2, -0.15) is 0 Å². The Morgan fingerprint density at radius 2 is 1.50 bits per heavy atom. The normalized spacial score (nSPS) is 11.5. The number of rotatable bonds is 5. The standard InChI is InChI=1S/C10H13ClO4Si/c1-13-16(14-2,15-3)9-6-4-8(5-7-9)10(11)12/h4-7H,1-3H3. The minimum Gasteiger partial charge on any atom is -0.373 e. The number of carbonyl (C=O) groups is 1. The second-order valence-corrected chi connectivity index (χ2v) is 6.28. The first-order chi connectivity index (χ1) is 7.59. The molecule has 0 saturated carbocycles. The Hall–Kier alpha value is -0.723. The highest BCUT2D eigenvalue weighted by Crippen LogP contribution is 2.09. The van der Waals surface area contributed by atoms with Gasteiger partial charge >= 0.3 is 8.80 Å². The smallest absolute Gasteiger partial charge is 0.373 e. The Bertz CT molecular complexity index is 353. The van der Waals surface area contributed by atoms with Crippen LogP contribution in [0.5, 0.6) is 0 Å². The zero-order valence-electron chi connectivity index (χ0n) is 9.32. The van der Waals surface area contributed by atoms with Crippen LogP contribution in [0.25, 0.3) is 0 Å². The Morgan fingerprint density at radius 1 is 1.06 bits per heavy atom. The number of halogens is 1. The summed E-state index contributed by atoms with van der Waals surface area (Å²) in [6.45, 7) is 0. The molecule has 1 rings (SSSR count). The van der Waals surface area contributed by atoms with Crippen molar-refractivity contribution in [2.45, 2.75) is 0 Å². The highest BCUT2D eigenvalue weighted by Gasteiger charge is 2.40. The molecule has 0 aromatic heterocycles. The summed E-state index contributed by atoms with van der Waals surface area (Å²) in [4.78, 5) is 10.9. The Labute approximate surface area is 100 Å². The lowest BCUT2D eigenvalue weighted by Crippen LogP contribution is -2.54. The van der Waals surface area contributed by atoms with Gasteiger partial charge in [-0.05, 0) is 23.7 Å². The maximum Gasteiger partial charge on any atom is 0.536 e. The van der Waals surface area contributed by atoms with Gasteiger partial charge in [0.1, 0.15) is 0 Å². The van der Waals surface area contributed by atoms with E-state index in [-0.39, 0.29) is 0 Å². The number of benzene rings is 1. The summed E-state index contributed by atoms with van der Waals surface area (Å²) in [6.07, 6.45) is 0. The minimum absolute atomic E-state index is 0.427. The van der Waals surface area contributed by atoms with Gasteiger partial charge in [-0.25, -0.2) is 0 Å². The van der Waals surface area contributed by atoms with Gasteiger partial charge in [0.15, 0.2) is 0 Å². The quantitative estimate of drug-likeness (QED) is 0.589. The van der Waals surface area contributed by atoms with E-state index in [4.69, 9.17) is 24.9 Å². The maximum atomic E-state index is 10.9. The Balaban J connectivity index is 3.08. The van der Waals surface area contributed by atoms with Crippen molar-refractivity contribution in [3.05, 3.63) is 29.8 Å². The fraction of sp³-hybridized carbons (Fsp3) is 0.300. The molecule has 0 amide bonds.